The van der Waals surface area contributed by atoms with Crippen LogP contribution in [-0.4, -0.2) is 21.9 Å². The minimum atomic E-state index is -0.813. The lowest BCUT2D eigenvalue weighted by atomic mass is 9.46. The normalized spacial score (nSPS) is 40.6. The fraction of sp³-hybridized carbons (Fsp3) is 0.800. The van der Waals surface area contributed by atoms with E-state index < -0.39 is 5.60 Å². The van der Waals surface area contributed by atoms with E-state index in [2.05, 4.69) is 33.9 Å². The van der Waals surface area contributed by atoms with E-state index in [0.717, 1.165) is 12.8 Å². The highest BCUT2D eigenvalue weighted by Gasteiger charge is 2.56. The van der Waals surface area contributed by atoms with Crippen molar-refractivity contribution in [3.05, 3.63) is 24.8 Å². The number of hydrogen-bond acceptors (Lipinski definition) is 2. The van der Waals surface area contributed by atoms with Crippen LogP contribution in [0.5, 0.6) is 0 Å². The summed E-state index contributed by atoms with van der Waals surface area (Å²) in [6.07, 6.45) is 7.26. The van der Waals surface area contributed by atoms with Crippen LogP contribution in [-0.2, 0) is 0 Å². The summed E-state index contributed by atoms with van der Waals surface area (Å²) in [5.74, 6) is 0.699. The third kappa shape index (κ3) is 3.05. The Morgan fingerprint density at radius 2 is 1.95 bits per heavy atom. The van der Waals surface area contributed by atoms with Gasteiger partial charge in [0.2, 0.25) is 0 Å². The van der Waals surface area contributed by atoms with Crippen molar-refractivity contribution in [2.75, 3.05) is 0 Å². The molecule has 2 fully saturated rings. The first kappa shape index (κ1) is 17.7. The van der Waals surface area contributed by atoms with Gasteiger partial charge in [0.15, 0.2) is 0 Å². The van der Waals surface area contributed by atoms with E-state index in [1.54, 1.807) is 6.08 Å². The van der Waals surface area contributed by atoms with Gasteiger partial charge in [-0.05, 0) is 61.7 Å². The molecule has 0 heterocycles. The number of aliphatic hydroxyl groups is 2. The van der Waals surface area contributed by atoms with E-state index in [4.69, 9.17) is 0 Å². The zero-order valence-electron chi connectivity index (χ0n) is 14.9. The van der Waals surface area contributed by atoms with Gasteiger partial charge in [-0.25, -0.2) is 0 Å². The van der Waals surface area contributed by atoms with Crippen molar-refractivity contribution < 1.29 is 10.2 Å². The molecular formula is C20H34O2. The second kappa shape index (κ2) is 5.79. The molecule has 0 bridgehead atoms. The first-order valence-corrected chi connectivity index (χ1v) is 8.75. The molecule has 0 radical (unpaired) electrons. The van der Waals surface area contributed by atoms with E-state index in [0.29, 0.717) is 24.7 Å². The highest BCUT2D eigenvalue weighted by molar-refractivity contribution is 5.18. The Morgan fingerprint density at radius 1 is 1.32 bits per heavy atom. The van der Waals surface area contributed by atoms with Crippen LogP contribution < -0.4 is 0 Å². The number of aliphatic hydroxyl groups excluding tert-OH is 1. The van der Waals surface area contributed by atoms with Gasteiger partial charge in [0.1, 0.15) is 0 Å². The van der Waals surface area contributed by atoms with Crippen molar-refractivity contribution in [3.8, 4) is 0 Å². The zero-order chi connectivity index (χ0) is 16.8. The second-order valence-corrected chi connectivity index (χ2v) is 8.91. The summed E-state index contributed by atoms with van der Waals surface area (Å²) < 4.78 is 0. The van der Waals surface area contributed by atoms with Crippen LogP contribution in [0.2, 0.25) is 0 Å². The van der Waals surface area contributed by atoms with Crippen LogP contribution in [0.3, 0.4) is 0 Å². The Balaban J connectivity index is 2.28. The third-order valence-corrected chi connectivity index (χ3v) is 6.61. The molecule has 2 saturated carbocycles. The van der Waals surface area contributed by atoms with Crippen LogP contribution in [0.1, 0.15) is 66.2 Å². The largest absolute Gasteiger partial charge is 0.392 e. The summed E-state index contributed by atoms with van der Waals surface area (Å²) >= 11 is 0. The van der Waals surface area contributed by atoms with Crippen LogP contribution >= 0.6 is 0 Å². The molecule has 2 aliphatic carbocycles. The molecule has 126 valence electrons. The van der Waals surface area contributed by atoms with E-state index in [1.807, 2.05) is 6.92 Å². The van der Waals surface area contributed by atoms with E-state index >= 15 is 0 Å². The molecule has 2 heteroatoms. The fourth-order valence-electron chi connectivity index (χ4n) is 5.55. The Morgan fingerprint density at radius 3 is 2.55 bits per heavy atom. The van der Waals surface area contributed by atoms with Crippen molar-refractivity contribution in [2.45, 2.75) is 77.9 Å². The molecule has 2 nitrogen and oxygen atoms in total. The minimum Gasteiger partial charge on any atom is -0.392 e. The summed E-state index contributed by atoms with van der Waals surface area (Å²) in [6, 6.07) is 0. The lowest BCUT2D eigenvalue weighted by Crippen LogP contribution is -2.55. The van der Waals surface area contributed by atoms with Gasteiger partial charge in [0.05, 0.1) is 11.7 Å². The van der Waals surface area contributed by atoms with Gasteiger partial charge in [-0.3, -0.25) is 0 Å². The van der Waals surface area contributed by atoms with Gasteiger partial charge in [-0.1, -0.05) is 45.4 Å². The van der Waals surface area contributed by atoms with Gasteiger partial charge < -0.3 is 10.2 Å². The maximum atomic E-state index is 10.7. The van der Waals surface area contributed by atoms with Crippen molar-refractivity contribution in [3.63, 3.8) is 0 Å². The Bertz CT molecular complexity index is 449. The molecule has 0 amide bonds. The van der Waals surface area contributed by atoms with Gasteiger partial charge in [0, 0.05) is 0 Å². The predicted octanol–water partition coefficient (Wildman–Crippen LogP) is 4.47. The Labute approximate surface area is 136 Å². The first-order chi connectivity index (χ1) is 10.0. The number of rotatable bonds is 4. The average molecular weight is 306 g/mol. The number of fused-ring (bicyclic) bond motifs is 1. The van der Waals surface area contributed by atoms with Gasteiger partial charge in [0.25, 0.3) is 0 Å². The lowest BCUT2D eigenvalue weighted by molar-refractivity contribution is -0.123. The molecule has 2 aliphatic rings. The average Bonchev–Trinajstić information content (AvgIpc) is 2.36. The van der Waals surface area contributed by atoms with Gasteiger partial charge in [-0.2, -0.15) is 0 Å². The highest BCUT2D eigenvalue weighted by atomic mass is 16.3. The molecule has 0 aromatic heterocycles. The maximum Gasteiger partial charge on any atom is 0.0797 e. The maximum absolute atomic E-state index is 10.7. The number of hydrogen-bond donors (Lipinski definition) is 2. The van der Waals surface area contributed by atoms with Gasteiger partial charge >= 0.3 is 0 Å². The van der Waals surface area contributed by atoms with Crippen LogP contribution in [0.15, 0.2) is 24.8 Å². The summed E-state index contributed by atoms with van der Waals surface area (Å²) in [7, 11) is 0. The molecule has 0 spiro atoms. The summed E-state index contributed by atoms with van der Waals surface area (Å²) in [5, 5.41) is 21.0. The molecule has 2 rings (SSSR count). The SMILES string of the molecule is C=C[C@](C)(O)CC[C@@H]1C(=C)C[C@H](O)[C@H]2C(C)(C)CCC[C@]12C. The smallest absolute Gasteiger partial charge is 0.0797 e. The molecule has 2 N–H and O–H groups in total. The van der Waals surface area contributed by atoms with E-state index in [1.165, 1.54) is 18.4 Å². The van der Waals surface area contributed by atoms with Crippen LogP contribution in [0, 0.1) is 22.7 Å². The van der Waals surface area contributed by atoms with Crippen LogP contribution in [0.4, 0.5) is 0 Å². The third-order valence-electron chi connectivity index (χ3n) is 6.61. The van der Waals surface area contributed by atoms with E-state index in [9.17, 15) is 10.2 Å². The summed E-state index contributed by atoms with van der Waals surface area (Å²) in [6.45, 7) is 16.8. The molecule has 0 aromatic carbocycles. The molecular weight excluding hydrogens is 272 g/mol. The van der Waals surface area contributed by atoms with Crippen molar-refractivity contribution in [1.82, 2.24) is 0 Å². The van der Waals surface area contributed by atoms with E-state index in [-0.39, 0.29) is 16.9 Å². The quantitative estimate of drug-likeness (QED) is 0.752. The van der Waals surface area contributed by atoms with Gasteiger partial charge in [-0.15, -0.1) is 6.58 Å². The summed E-state index contributed by atoms with van der Waals surface area (Å²) in [5.41, 5.74) is 0.621. The predicted molar refractivity (Wildman–Crippen MR) is 92.5 cm³/mol. The highest BCUT2D eigenvalue weighted by Crippen LogP contribution is 2.61. The fourth-order valence-corrected chi connectivity index (χ4v) is 5.55. The molecule has 0 unspecified atom stereocenters. The Hall–Kier alpha value is -0.600. The van der Waals surface area contributed by atoms with Crippen molar-refractivity contribution >= 4 is 0 Å². The summed E-state index contributed by atoms with van der Waals surface area (Å²) in [4.78, 5) is 0. The molecule has 0 saturated heterocycles. The molecule has 0 aromatic rings. The van der Waals surface area contributed by atoms with Crippen LogP contribution in [0.25, 0.3) is 0 Å². The molecule has 5 atom stereocenters. The lowest BCUT2D eigenvalue weighted by Gasteiger charge is -2.59. The van der Waals surface area contributed by atoms with Crippen molar-refractivity contribution in [2.24, 2.45) is 22.7 Å². The standard InChI is InChI=1S/C20H34O2/c1-7-19(5,22)12-9-15-14(2)13-16(21)17-18(3,4)10-8-11-20(15,17)6/h7,15-17,21-22H,1-2,8-13H2,3-6H3/t15-,16+,17+,19+,20-/m1/s1. The zero-order valence-corrected chi connectivity index (χ0v) is 14.9. The monoisotopic (exact) mass is 306 g/mol. The molecule has 22 heavy (non-hydrogen) atoms. The minimum absolute atomic E-state index is 0.0910. The topological polar surface area (TPSA) is 40.5 Å². The first-order valence-electron chi connectivity index (χ1n) is 8.75. The Kier molecular flexibility index (Phi) is 4.68. The molecule has 0 aliphatic heterocycles. The second-order valence-electron chi connectivity index (χ2n) is 8.91. The van der Waals surface area contributed by atoms with Crippen molar-refractivity contribution in [1.29, 1.82) is 0 Å².